The van der Waals surface area contributed by atoms with E-state index in [1.807, 2.05) is 6.07 Å². The predicted octanol–water partition coefficient (Wildman–Crippen LogP) is 4.55. The molecule has 3 atom stereocenters. The zero-order valence-electron chi connectivity index (χ0n) is 17.3. The van der Waals surface area contributed by atoms with Crippen molar-refractivity contribution in [1.29, 1.82) is 0 Å². The number of alkyl halides is 3. The summed E-state index contributed by atoms with van der Waals surface area (Å²) < 4.78 is 52.7. The van der Waals surface area contributed by atoms with Crippen molar-refractivity contribution in [2.45, 2.75) is 43.6 Å². The smallest absolute Gasteiger partial charge is 0.363 e. The average Bonchev–Trinajstić information content (AvgIpc) is 3.37. The fraction of sp³-hybridized carbons (Fsp3) is 0.304. The number of halogens is 4. The van der Waals surface area contributed by atoms with Gasteiger partial charge in [0.1, 0.15) is 0 Å². The van der Waals surface area contributed by atoms with Crippen molar-refractivity contribution in [3.05, 3.63) is 71.9 Å². The SMILES string of the molecule is O=C(c1ccccc1-c1ncccn1)N1[C@@H]2CC[C@H]1[C@H](Nc1ncc(C(F)(F)F)cc1F)C2. The molecule has 2 aliphatic rings. The van der Waals surface area contributed by atoms with E-state index in [-0.39, 0.29) is 29.9 Å². The van der Waals surface area contributed by atoms with Gasteiger partial charge < -0.3 is 10.2 Å². The van der Waals surface area contributed by atoms with Gasteiger partial charge in [-0.3, -0.25) is 4.79 Å². The van der Waals surface area contributed by atoms with Crippen LogP contribution < -0.4 is 5.32 Å². The van der Waals surface area contributed by atoms with Gasteiger partial charge in [0, 0.05) is 30.2 Å². The zero-order chi connectivity index (χ0) is 23.2. The third-order valence-electron chi connectivity index (χ3n) is 6.23. The van der Waals surface area contributed by atoms with E-state index >= 15 is 0 Å². The standard InChI is InChI=1S/C23H19F4N5O/c24-17-10-13(23(25,26)27)12-30-21(17)31-18-11-14-6-7-19(18)32(14)22(33)16-5-2-1-4-15(16)20-28-8-3-9-29-20/h1-5,8-10,12,14,18-19H,6-7,11H2,(H,30,31)/t14-,18-,19+/m1/s1. The number of hydrogen-bond donors (Lipinski definition) is 1. The monoisotopic (exact) mass is 457 g/mol. The molecule has 2 fully saturated rings. The van der Waals surface area contributed by atoms with Crippen molar-refractivity contribution in [2.24, 2.45) is 0 Å². The minimum absolute atomic E-state index is 0.0535. The van der Waals surface area contributed by atoms with Crippen LogP contribution in [0.3, 0.4) is 0 Å². The molecule has 4 heterocycles. The Hall–Kier alpha value is -3.56. The summed E-state index contributed by atoms with van der Waals surface area (Å²) in [4.78, 5) is 27.5. The van der Waals surface area contributed by atoms with Crippen molar-refractivity contribution in [3.63, 3.8) is 0 Å². The number of amides is 1. The van der Waals surface area contributed by atoms with Gasteiger partial charge >= 0.3 is 6.18 Å². The first-order chi connectivity index (χ1) is 15.8. The maximum atomic E-state index is 14.3. The molecule has 33 heavy (non-hydrogen) atoms. The fourth-order valence-corrected chi connectivity index (χ4v) is 4.78. The van der Waals surface area contributed by atoms with Gasteiger partial charge in [-0.15, -0.1) is 0 Å². The number of pyridine rings is 1. The molecule has 0 unspecified atom stereocenters. The number of nitrogens with one attached hydrogen (secondary N) is 1. The van der Waals surface area contributed by atoms with Gasteiger partial charge in [-0.05, 0) is 37.5 Å². The molecule has 0 aliphatic carbocycles. The minimum Gasteiger partial charge on any atom is -0.363 e. The molecule has 1 aromatic carbocycles. The Balaban J connectivity index is 1.38. The van der Waals surface area contributed by atoms with Crippen LogP contribution in [0.25, 0.3) is 11.4 Å². The average molecular weight is 457 g/mol. The summed E-state index contributed by atoms with van der Waals surface area (Å²) in [6.45, 7) is 0. The molecule has 170 valence electrons. The second-order valence-electron chi connectivity index (χ2n) is 8.17. The molecule has 1 N–H and O–H groups in total. The first kappa shape index (κ1) is 21.3. The van der Waals surface area contributed by atoms with Crippen molar-refractivity contribution in [1.82, 2.24) is 19.9 Å². The Morgan fingerprint density at radius 3 is 2.55 bits per heavy atom. The van der Waals surface area contributed by atoms with Crippen molar-refractivity contribution in [2.75, 3.05) is 5.32 Å². The van der Waals surface area contributed by atoms with E-state index in [1.165, 1.54) is 0 Å². The highest BCUT2D eigenvalue weighted by Gasteiger charge is 2.49. The fourth-order valence-electron chi connectivity index (χ4n) is 4.78. The number of anilines is 1. The number of fused-ring (bicyclic) bond motifs is 2. The number of hydrogen-bond acceptors (Lipinski definition) is 5. The molecule has 6 nitrogen and oxygen atoms in total. The molecule has 2 aliphatic heterocycles. The molecule has 3 aromatic rings. The summed E-state index contributed by atoms with van der Waals surface area (Å²) in [7, 11) is 0. The summed E-state index contributed by atoms with van der Waals surface area (Å²) in [5, 5.41) is 2.93. The second kappa shape index (κ2) is 8.09. The number of nitrogens with zero attached hydrogens (tertiary/aromatic N) is 4. The Labute approximate surface area is 186 Å². The molecule has 0 radical (unpaired) electrons. The van der Waals surface area contributed by atoms with Crippen LogP contribution in [0.4, 0.5) is 23.4 Å². The molecule has 5 rings (SSSR count). The van der Waals surface area contributed by atoms with Crippen LogP contribution in [0, 0.1) is 5.82 Å². The molecule has 0 spiro atoms. The quantitative estimate of drug-likeness (QED) is 0.582. The van der Waals surface area contributed by atoms with E-state index in [2.05, 4.69) is 20.3 Å². The molecule has 2 aromatic heterocycles. The van der Waals surface area contributed by atoms with Gasteiger partial charge in [0.05, 0.1) is 23.2 Å². The van der Waals surface area contributed by atoms with E-state index in [0.717, 1.165) is 6.42 Å². The second-order valence-corrected chi connectivity index (χ2v) is 8.17. The van der Waals surface area contributed by atoms with E-state index in [4.69, 9.17) is 0 Å². The highest BCUT2D eigenvalue weighted by atomic mass is 19.4. The lowest BCUT2D eigenvalue weighted by Crippen LogP contribution is -2.40. The number of carbonyl (C=O) groups excluding carboxylic acids is 1. The molecule has 2 saturated heterocycles. The van der Waals surface area contributed by atoms with E-state index in [1.54, 1.807) is 41.6 Å². The first-order valence-electron chi connectivity index (χ1n) is 10.5. The highest BCUT2D eigenvalue weighted by Crippen LogP contribution is 2.41. The van der Waals surface area contributed by atoms with E-state index in [0.29, 0.717) is 42.1 Å². The van der Waals surface area contributed by atoms with Crippen LogP contribution in [0.2, 0.25) is 0 Å². The van der Waals surface area contributed by atoms with Crippen LogP contribution >= 0.6 is 0 Å². The van der Waals surface area contributed by atoms with Gasteiger partial charge in [0.25, 0.3) is 5.91 Å². The molecule has 2 bridgehead atoms. The maximum absolute atomic E-state index is 14.3. The molecule has 1 amide bonds. The van der Waals surface area contributed by atoms with Crippen LogP contribution in [0.1, 0.15) is 35.2 Å². The summed E-state index contributed by atoms with van der Waals surface area (Å²) in [6.07, 6.45) is 1.23. The normalized spacial score (nSPS) is 21.9. The largest absolute Gasteiger partial charge is 0.417 e. The van der Waals surface area contributed by atoms with E-state index in [9.17, 15) is 22.4 Å². The minimum atomic E-state index is -4.67. The first-order valence-corrected chi connectivity index (χ1v) is 10.5. The van der Waals surface area contributed by atoms with Crippen LogP contribution in [0.5, 0.6) is 0 Å². The highest BCUT2D eigenvalue weighted by molar-refractivity contribution is 6.00. The van der Waals surface area contributed by atoms with Gasteiger partial charge in [-0.2, -0.15) is 13.2 Å². The summed E-state index contributed by atoms with van der Waals surface area (Å²) in [5.41, 5.74) is -0.0514. The molecule has 0 saturated carbocycles. The third-order valence-corrected chi connectivity index (χ3v) is 6.23. The number of rotatable bonds is 4. The van der Waals surface area contributed by atoms with Crippen LogP contribution in [0.15, 0.2) is 55.0 Å². The molecule has 10 heteroatoms. The van der Waals surface area contributed by atoms with Gasteiger partial charge in [0.2, 0.25) is 0 Å². The van der Waals surface area contributed by atoms with Gasteiger partial charge in [0.15, 0.2) is 17.5 Å². The Bertz CT molecular complexity index is 1190. The van der Waals surface area contributed by atoms with Crippen molar-refractivity contribution < 1.29 is 22.4 Å². The lowest BCUT2D eigenvalue weighted by atomic mass is 9.95. The maximum Gasteiger partial charge on any atom is 0.417 e. The summed E-state index contributed by atoms with van der Waals surface area (Å²) >= 11 is 0. The predicted molar refractivity (Wildman–Crippen MR) is 112 cm³/mol. The van der Waals surface area contributed by atoms with Gasteiger partial charge in [-0.1, -0.05) is 18.2 Å². The Kier molecular flexibility index (Phi) is 5.22. The number of benzene rings is 1. The van der Waals surface area contributed by atoms with Crippen LogP contribution in [-0.4, -0.2) is 43.9 Å². The molecular weight excluding hydrogens is 438 g/mol. The third kappa shape index (κ3) is 3.90. The summed E-state index contributed by atoms with van der Waals surface area (Å²) in [5.74, 6) is -1.04. The van der Waals surface area contributed by atoms with Crippen molar-refractivity contribution >= 4 is 11.7 Å². The lowest BCUT2D eigenvalue weighted by molar-refractivity contribution is -0.138. The van der Waals surface area contributed by atoms with E-state index < -0.39 is 17.6 Å². The zero-order valence-corrected chi connectivity index (χ0v) is 17.3. The molecular formula is C23H19F4N5O. The van der Waals surface area contributed by atoms with Crippen LogP contribution in [-0.2, 0) is 6.18 Å². The summed E-state index contributed by atoms with van der Waals surface area (Å²) in [6, 6.07) is 8.63. The topological polar surface area (TPSA) is 71.0 Å². The lowest BCUT2D eigenvalue weighted by Gasteiger charge is -2.26. The van der Waals surface area contributed by atoms with Gasteiger partial charge in [-0.25, -0.2) is 19.3 Å². The number of carbonyl (C=O) groups is 1. The Morgan fingerprint density at radius 1 is 1.06 bits per heavy atom. The van der Waals surface area contributed by atoms with Crippen molar-refractivity contribution in [3.8, 4) is 11.4 Å². The number of aromatic nitrogens is 3. The Morgan fingerprint density at radius 2 is 1.82 bits per heavy atom.